The van der Waals surface area contributed by atoms with Crippen LogP contribution in [0.3, 0.4) is 0 Å². The van der Waals surface area contributed by atoms with Gasteiger partial charge in [0, 0.05) is 31.7 Å². The van der Waals surface area contributed by atoms with E-state index >= 15 is 0 Å². The van der Waals surface area contributed by atoms with E-state index < -0.39 is 0 Å². The molecule has 2 amide bonds. The molecular weight excluding hydrogens is 318 g/mol. The first-order chi connectivity index (χ1) is 10.7. The molecule has 0 bridgehead atoms. The van der Waals surface area contributed by atoms with Crippen LogP contribution in [0.5, 0.6) is 5.75 Å². The molecular formula is C16H24ClN3O3. The Bertz CT molecular complexity index is 508. The molecule has 0 aromatic heterocycles. The van der Waals surface area contributed by atoms with Crippen LogP contribution in [0.25, 0.3) is 0 Å². The van der Waals surface area contributed by atoms with Gasteiger partial charge in [0.05, 0.1) is 0 Å². The second-order valence-corrected chi connectivity index (χ2v) is 5.14. The summed E-state index contributed by atoms with van der Waals surface area (Å²) in [5.41, 5.74) is 0.880. The number of nitrogens with zero attached hydrogens (tertiary/aromatic N) is 1. The van der Waals surface area contributed by atoms with Gasteiger partial charge in [-0.1, -0.05) is 6.92 Å². The molecule has 0 radical (unpaired) electrons. The molecule has 7 heteroatoms. The molecule has 1 aliphatic rings. The minimum Gasteiger partial charge on any atom is -0.484 e. The first-order valence-electron chi connectivity index (χ1n) is 7.71. The molecule has 2 N–H and O–H groups in total. The number of amides is 2. The molecule has 0 atom stereocenters. The molecule has 1 aromatic rings. The van der Waals surface area contributed by atoms with Crippen molar-refractivity contribution in [2.75, 3.05) is 37.7 Å². The minimum atomic E-state index is -0.142. The van der Waals surface area contributed by atoms with Gasteiger partial charge in [-0.3, -0.25) is 9.59 Å². The third-order valence-corrected chi connectivity index (χ3v) is 3.47. The van der Waals surface area contributed by atoms with Gasteiger partial charge in [0.2, 0.25) is 5.91 Å². The monoisotopic (exact) mass is 341 g/mol. The van der Waals surface area contributed by atoms with E-state index in [0.717, 1.165) is 31.7 Å². The van der Waals surface area contributed by atoms with Crippen molar-refractivity contribution in [2.24, 2.45) is 0 Å². The molecule has 23 heavy (non-hydrogen) atoms. The highest BCUT2D eigenvalue weighted by Crippen LogP contribution is 2.23. The number of anilines is 1. The van der Waals surface area contributed by atoms with Gasteiger partial charge in [-0.2, -0.15) is 0 Å². The maximum Gasteiger partial charge on any atom is 0.257 e. The fraction of sp³-hybridized carbons (Fsp3) is 0.500. The molecule has 1 heterocycles. The minimum absolute atomic E-state index is 0. The van der Waals surface area contributed by atoms with E-state index in [4.69, 9.17) is 4.74 Å². The lowest BCUT2D eigenvalue weighted by Gasteiger charge is -2.16. The van der Waals surface area contributed by atoms with E-state index in [0.29, 0.717) is 18.7 Å². The first-order valence-corrected chi connectivity index (χ1v) is 7.71. The van der Waals surface area contributed by atoms with E-state index in [2.05, 4.69) is 10.6 Å². The number of hydrogen-bond acceptors (Lipinski definition) is 4. The van der Waals surface area contributed by atoms with Crippen LogP contribution in [0.2, 0.25) is 0 Å². The maximum atomic E-state index is 11.7. The Kier molecular flexibility index (Phi) is 8.43. The molecule has 0 saturated carbocycles. The Morgan fingerprint density at radius 3 is 2.61 bits per heavy atom. The molecule has 1 aromatic carbocycles. The largest absolute Gasteiger partial charge is 0.484 e. The van der Waals surface area contributed by atoms with Crippen LogP contribution in [0.15, 0.2) is 24.3 Å². The van der Waals surface area contributed by atoms with Gasteiger partial charge in [0.25, 0.3) is 5.91 Å². The number of carbonyl (C=O) groups excluding carboxylic acids is 2. The number of ether oxygens (including phenoxy) is 1. The lowest BCUT2D eigenvalue weighted by Crippen LogP contribution is -2.34. The van der Waals surface area contributed by atoms with Gasteiger partial charge in [0.1, 0.15) is 5.75 Å². The Labute approximate surface area is 143 Å². The van der Waals surface area contributed by atoms with Crippen molar-refractivity contribution in [1.29, 1.82) is 0 Å². The first kappa shape index (κ1) is 19.3. The normalized spacial score (nSPS) is 13.6. The van der Waals surface area contributed by atoms with E-state index in [1.807, 2.05) is 19.1 Å². The van der Waals surface area contributed by atoms with E-state index in [-0.39, 0.29) is 30.8 Å². The average Bonchev–Trinajstić information content (AvgIpc) is 2.96. The lowest BCUT2D eigenvalue weighted by atomic mass is 10.3. The molecule has 0 unspecified atom stereocenters. The Hall–Kier alpha value is -1.79. The van der Waals surface area contributed by atoms with Crippen molar-refractivity contribution in [3.63, 3.8) is 0 Å². The van der Waals surface area contributed by atoms with Crippen LogP contribution >= 0.6 is 12.4 Å². The second kappa shape index (κ2) is 10.1. The Morgan fingerprint density at radius 2 is 2.00 bits per heavy atom. The summed E-state index contributed by atoms with van der Waals surface area (Å²) >= 11 is 0. The van der Waals surface area contributed by atoms with Crippen molar-refractivity contribution in [3.05, 3.63) is 24.3 Å². The molecule has 128 valence electrons. The smallest absolute Gasteiger partial charge is 0.257 e. The van der Waals surface area contributed by atoms with Crippen LogP contribution in [0, 0.1) is 0 Å². The van der Waals surface area contributed by atoms with Crippen molar-refractivity contribution < 1.29 is 14.3 Å². The third-order valence-electron chi connectivity index (χ3n) is 3.47. The fourth-order valence-electron chi connectivity index (χ4n) is 2.31. The summed E-state index contributed by atoms with van der Waals surface area (Å²) in [5.74, 6) is 0.641. The summed E-state index contributed by atoms with van der Waals surface area (Å²) in [7, 11) is 0. The molecule has 1 fully saturated rings. The summed E-state index contributed by atoms with van der Waals surface area (Å²) in [4.78, 5) is 25.0. The van der Waals surface area contributed by atoms with Crippen LogP contribution in [0.4, 0.5) is 5.69 Å². The topological polar surface area (TPSA) is 70.7 Å². The summed E-state index contributed by atoms with van der Waals surface area (Å²) in [6, 6.07) is 7.27. The number of nitrogens with one attached hydrogen (secondary N) is 2. The fourth-order valence-corrected chi connectivity index (χ4v) is 2.31. The highest BCUT2D eigenvalue weighted by molar-refractivity contribution is 5.95. The van der Waals surface area contributed by atoms with Crippen LogP contribution < -0.4 is 20.3 Å². The van der Waals surface area contributed by atoms with Crippen molar-refractivity contribution in [1.82, 2.24) is 10.6 Å². The van der Waals surface area contributed by atoms with Crippen LogP contribution in [-0.2, 0) is 9.59 Å². The summed E-state index contributed by atoms with van der Waals surface area (Å²) < 4.78 is 5.43. The molecule has 2 rings (SSSR count). The van der Waals surface area contributed by atoms with Gasteiger partial charge >= 0.3 is 0 Å². The zero-order valence-electron chi connectivity index (χ0n) is 13.3. The second-order valence-electron chi connectivity index (χ2n) is 5.14. The van der Waals surface area contributed by atoms with Gasteiger partial charge in [-0.25, -0.2) is 0 Å². The number of likely N-dealkylation sites (N-methyl/N-ethyl adjacent to an activating group) is 1. The van der Waals surface area contributed by atoms with Gasteiger partial charge in [-0.05, 0) is 37.2 Å². The number of hydrogen-bond donors (Lipinski definition) is 2. The van der Waals surface area contributed by atoms with E-state index in [1.54, 1.807) is 17.0 Å². The molecule has 1 aliphatic heterocycles. The molecule has 0 spiro atoms. The summed E-state index contributed by atoms with van der Waals surface area (Å²) in [6.45, 7) is 5.01. The van der Waals surface area contributed by atoms with Gasteiger partial charge < -0.3 is 20.3 Å². The van der Waals surface area contributed by atoms with Gasteiger partial charge in [0.15, 0.2) is 6.61 Å². The number of carbonyl (C=O) groups is 2. The predicted octanol–water partition coefficient (Wildman–Crippen LogP) is 1.34. The highest BCUT2D eigenvalue weighted by Gasteiger charge is 2.21. The van der Waals surface area contributed by atoms with E-state index in [1.165, 1.54) is 0 Å². The predicted molar refractivity (Wildman–Crippen MR) is 92.3 cm³/mol. The lowest BCUT2D eigenvalue weighted by molar-refractivity contribution is -0.123. The molecule has 0 aliphatic carbocycles. The summed E-state index contributed by atoms with van der Waals surface area (Å²) in [6.07, 6.45) is 1.52. The maximum absolute atomic E-state index is 11.7. The average molecular weight is 342 g/mol. The SMILES string of the molecule is CCNCCNC(=O)COc1ccc(N2CCCC2=O)cc1.Cl. The van der Waals surface area contributed by atoms with E-state index in [9.17, 15) is 9.59 Å². The van der Waals surface area contributed by atoms with Crippen molar-refractivity contribution >= 4 is 29.9 Å². The Morgan fingerprint density at radius 1 is 1.26 bits per heavy atom. The molecule has 1 saturated heterocycles. The molecule has 6 nitrogen and oxygen atoms in total. The van der Waals surface area contributed by atoms with Gasteiger partial charge in [-0.15, -0.1) is 12.4 Å². The van der Waals surface area contributed by atoms with Crippen LogP contribution in [0.1, 0.15) is 19.8 Å². The quantitative estimate of drug-likeness (QED) is 0.700. The zero-order valence-corrected chi connectivity index (χ0v) is 14.2. The number of benzene rings is 1. The van der Waals surface area contributed by atoms with Crippen molar-refractivity contribution in [2.45, 2.75) is 19.8 Å². The summed E-state index contributed by atoms with van der Waals surface area (Å²) in [5, 5.41) is 5.90. The standard InChI is InChI=1S/C16H23N3O3.ClH/c1-2-17-9-10-18-15(20)12-22-14-7-5-13(6-8-14)19-11-3-4-16(19)21;/h5-8,17H,2-4,9-12H2,1H3,(H,18,20);1H. The zero-order chi connectivity index (χ0) is 15.8. The van der Waals surface area contributed by atoms with Crippen molar-refractivity contribution in [3.8, 4) is 5.75 Å². The highest BCUT2D eigenvalue weighted by atomic mass is 35.5. The number of rotatable bonds is 8. The van der Waals surface area contributed by atoms with Crippen LogP contribution in [-0.4, -0.2) is 44.6 Å². The Balaban J connectivity index is 0.00000264. The third kappa shape index (κ3) is 6.08. The number of halogens is 1.